The Balaban J connectivity index is 1.67. The van der Waals surface area contributed by atoms with Gasteiger partial charge >= 0.3 is 5.97 Å². The average molecular weight is 272 g/mol. The quantitative estimate of drug-likeness (QED) is 0.836. The molecule has 20 heavy (non-hydrogen) atoms. The molecule has 1 fully saturated rings. The minimum atomic E-state index is -0.783. The lowest BCUT2D eigenvalue weighted by molar-refractivity contribution is -0.129. The zero-order valence-electron chi connectivity index (χ0n) is 11.2. The van der Waals surface area contributed by atoms with E-state index >= 15 is 0 Å². The van der Waals surface area contributed by atoms with Gasteiger partial charge in [-0.1, -0.05) is 18.2 Å². The standard InChI is InChI=1S/C15H16N2O3/c1-9(14(18)16-11-6-7-11)20-15(19)13-8-10-4-2-3-5-12(10)17-13/h2-5,8-9,11,17H,6-7H2,1H3,(H,16,18)/t9-/m1/s1. The van der Waals surface area contributed by atoms with Crippen molar-refractivity contribution in [3.05, 3.63) is 36.0 Å². The number of carbonyl (C=O) groups is 2. The predicted octanol–water partition coefficient (Wildman–Crippen LogP) is 1.99. The molecule has 0 saturated heterocycles. The van der Waals surface area contributed by atoms with Gasteiger partial charge in [-0.2, -0.15) is 0 Å². The van der Waals surface area contributed by atoms with Gasteiger partial charge in [-0.15, -0.1) is 0 Å². The summed E-state index contributed by atoms with van der Waals surface area (Å²) in [6, 6.07) is 9.57. The summed E-state index contributed by atoms with van der Waals surface area (Å²) < 4.78 is 5.17. The molecule has 1 aliphatic rings. The number of esters is 1. The molecule has 0 spiro atoms. The summed E-state index contributed by atoms with van der Waals surface area (Å²) in [6.45, 7) is 1.58. The largest absolute Gasteiger partial charge is 0.448 e. The van der Waals surface area contributed by atoms with E-state index < -0.39 is 12.1 Å². The smallest absolute Gasteiger partial charge is 0.355 e. The van der Waals surface area contributed by atoms with E-state index in [1.165, 1.54) is 0 Å². The maximum absolute atomic E-state index is 12.0. The molecule has 5 heteroatoms. The second kappa shape index (κ2) is 5.00. The highest BCUT2D eigenvalue weighted by atomic mass is 16.5. The molecule has 0 bridgehead atoms. The Bertz CT molecular complexity index is 625. The number of hydrogen-bond donors (Lipinski definition) is 2. The molecule has 0 unspecified atom stereocenters. The van der Waals surface area contributed by atoms with E-state index in [0.29, 0.717) is 5.69 Å². The van der Waals surface area contributed by atoms with Crippen LogP contribution in [0.5, 0.6) is 0 Å². The highest BCUT2D eigenvalue weighted by Crippen LogP contribution is 2.19. The van der Waals surface area contributed by atoms with Gasteiger partial charge in [0.1, 0.15) is 5.69 Å². The van der Waals surface area contributed by atoms with Crippen LogP contribution in [0.2, 0.25) is 0 Å². The first-order valence-electron chi connectivity index (χ1n) is 6.72. The Morgan fingerprint density at radius 1 is 1.35 bits per heavy atom. The van der Waals surface area contributed by atoms with Crippen LogP contribution in [0.15, 0.2) is 30.3 Å². The van der Waals surface area contributed by atoms with E-state index in [2.05, 4.69) is 10.3 Å². The summed E-state index contributed by atoms with van der Waals surface area (Å²) in [4.78, 5) is 26.7. The summed E-state index contributed by atoms with van der Waals surface area (Å²) in [6.07, 6.45) is 1.23. The topological polar surface area (TPSA) is 71.2 Å². The van der Waals surface area contributed by atoms with Crippen LogP contribution in [0.3, 0.4) is 0 Å². The minimum Gasteiger partial charge on any atom is -0.448 e. The van der Waals surface area contributed by atoms with Crippen LogP contribution in [0.4, 0.5) is 0 Å². The normalized spacial score (nSPS) is 15.8. The zero-order chi connectivity index (χ0) is 14.1. The number of para-hydroxylation sites is 1. The van der Waals surface area contributed by atoms with Crippen molar-refractivity contribution in [2.24, 2.45) is 0 Å². The van der Waals surface area contributed by atoms with Crippen molar-refractivity contribution in [2.45, 2.75) is 31.9 Å². The van der Waals surface area contributed by atoms with Crippen molar-refractivity contribution in [1.29, 1.82) is 0 Å². The molecule has 1 heterocycles. The lowest BCUT2D eigenvalue weighted by atomic mass is 10.2. The number of benzene rings is 1. The van der Waals surface area contributed by atoms with Crippen molar-refractivity contribution < 1.29 is 14.3 Å². The van der Waals surface area contributed by atoms with Gasteiger partial charge in [0.25, 0.3) is 5.91 Å². The first kappa shape index (κ1) is 12.7. The molecule has 1 atom stereocenters. The number of hydrogen-bond acceptors (Lipinski definition) is 3. The number of fused-ring (bicyclic) bond motifs is 1. The van der Waals surface area contributed by atoms with Crippen molar-refractivity contribution >= 4 is 22.8 Å². The van der Waals surface area contributed by atoms with Crippen molar-refractivity contribution in [2.75, 3.05) is 0 Å². The number of rotatable bonds is 4. The maximum atomic E-state index is 12.0. The molecule has 104 valence electrons. The number of aromatic amines is 1. The van der Waals surface area contributed by atoms with Crippen LogP contribution in [-0.4, -0.2) is 29.0 Å². The number of carbonyl (C=O) groups excluding carboxylic acids is 2. The van der Waals surface area contributed by atoms with Gasteiger partial charge in [0.15, 0.2) is 6.10 Å². The van der Waals surface area contributed by atoms with Crippen LogP contribution in [0.1, 0.15) is 30.3 Å². The third kappa shape index (κ3) is 2.66. The molecule has 1 amide bonds. The number of H-pyrrole nitrogens is 1. The third-order valence-electron chi connectivity index (χ3n) is 3.33. The van der Waals surface area contributed by atoms with Crippen LogP contribution in [0, 0.1) is 0 Å². The van der Waals surface area contributed by atoms with Gasteiger partial charge in [-0.05, 0) is 31.9 Å². The fourth-order valence-corrected chi connectivity index (χ4v) is 2.01. The molecule has 2 aromatic rings. The van der Waals surface area contributed by atoms with Crippen LogP contribution >= 0.6 is 0 Å². The highest BCUT2D eigenvalue weighted by Gasteiger charge is 2.27. The number of aromatic nitrogens is 1. The lowest BCUT2D eigenvalue weighted by Gasteiger charge is -2.12. The number of amides is 1. The van der Waals surface area contributed by atoms with E-state index in [1.807, 2.05) is 24.3 Å². The molecular weight excluding hydrogens is 256 g/mol. The van der Waals surface area contributed by atoms with Crippen LogP contribution in [0.25, 0.3) is 10.9 Å². The molecule has 5 nitrogen and oxygen atoms in total. The van der Waals surface area contributed by atoms with Crippen molar-refractivity contribution in [3.8, 4) is 0 Å². The van der Waals surface area contributed by atoms with Gasteiger partial charge in [0.2, 0.25) is 0 Å². The Morgan fingerprint density at radius 3 is 2.80 bits per heavy atom. The van der Waals surface area contributed by atoms with Crippen molar-refractivity contribution in [3.63, 3.8) is 0 Å². The van der Waals surface area contributed by atoms with Crippen molar-refractivity contribution in [1.82, 2.24) is 10.3 Å². The highest BCUT2D eigenvalue weighted by molar-refractivity contribution is 5.96. The SMILES string of the molecule is C[C@@H](OC(=O)c1cc2ccccc2[nH]1)C(=O)NC1CC1. The Hall–Kier alpha value is -2.30. The summed E-state index contributed by atoms with van der Waals surface area (Å²) in [5.74, 6) is -0.753. The maximum Gasteiger partial charge on any atom is 0.355 e. The molecule has 2 N–H and O–H groups in total. The summed E-state index contributed by atoms with van der Waals surface area (Å²) in [5.41, 5.74) is 1.23. The first-order chi connectivity index (χ1) is 9.63. The average Bonchev–Trinajstić information content (AvgIpc) is 3.13. The fraction of sp³-hybridized carbons (Fsp3) is 0.333. The summed E-state index contributed by atoms with van der Waals surface area (Å²) >= 11 is 0. The van der Waals surface area contributed by atoms with Gasteiger partial charge in [0.05, 0.1) is 0 Å². The molecule has 1 aliphatic carbocycles. The molecule has 0 radical (unpaired) electrons. The third-order valence-corrected chi connectivity index (χ3v) is 3.33. The lowest BCUT2D eigenvalue weighted by Crippen LogP contribution is -2.37. The predicted molar refractivity (Wildman–Crippen MR) is 74.3 cm³/mol. The molecule has 0 aliphatic heterocycles. The molecule has 1 aromatic heterocycles. The Kier molecular flexibility index (Phi) is 3.18. The minimum absolute atomic E-state index is 0.239. The van der Waals surface area contributed by atoms with E-state index in [1.54, 1.807) is 13.0 Å². The summed E-state index contributed by atoms with van der Waals surface area (Å²) in [5, 5.41) is 3.75. The van der Waals surface area contributed by atoms with E-state index in [9.17, 15) is 9.59 Å². The van der Waals surface area contributed by atoms with E-state index in [0.717, 1.165) is 23.7 Å². The van der Waals surface area contributed by atoms with Gasteiger partial charge in [-0.25, -0.2) is 4.79 Å². The molecule has 1 saturated carbocycles. The zero-order valence-corrected chi connectivity index (χ0v) is 11.2. The second-order valence-corrected chi connectivity index (χ2v) is 5.10. The monoisotopic (exact) mass is 272 g/mol. The van der Waals surface area contributed by atoms with Crippen LogP contribution in [-0.2, 0) is 9.53 Å². The molecular formula is C15H16N2O3. The fourth-order valence-electron chi connectivity index (χ4n) is 2.01. The van der Waals surface area contributed by atoms with E-state index in [-0.39, 0.29) is 11.9 Å². The number of ether oxygens (including phenoxy) is 1. The van der Waals surface area contributed by atoms with E-state index in [4.69, 9.17) is 4.74 Å². The van der Waals surface area contributed by atoms with Gasteiger partial charge in [-0.3, -0.25) is 4.79 Å². The molecule has 1 aromatic carbocycles. The second-order valence-electron chi connectivity index (χ2n) is 5.10. The number of nitrogens with one attached hydrogen (secondary N) is 2. The Morgan fingerprint density at radius 2 is 2.10 bits per heavy atom. The van der Waals surface area contributed by atoms with Crippen LogP contribution < -0.4 is 5.32 Å². The first-order valence-corrected chi connectivity index (χ1v) is 6.72. The van der Waals surface area contributed by atoms with Gasteiger partial charge < -0.3 is 15.0 Å². The molecule has 3 rings (SSSR count). The van der Waals surface area contributed by atoms with Gasteiger partial charge in [0, 0.05) is 16.9 Å². The summed E-state index contributed by atoms with van der Waals surface area (Å²) in [7, 11) is 0. The Labute approximate surface area is 116 Å².